The lowest BCUT2D eigenvalue weighted by Crippen LogP contribution is -2.53. The van der Waals surface area contributed by atoms with Crippen LogP contribution in [0.4, 0.5) is 13.2 Å². The van der Waals surface area contributed by atoms with Gasteiger partial charge in [-0.15, -0.1) is 10.2 Å². The molecule has 200 valence electrons. The van der Waals surface area contributed by atoms with Crippen molar-refractivity contribution in [2.24, 2.45) is 5.92 Å². The van der Waals surface area contributed by atoms with E-state index in [1.54, 1.807) is 4.72 Å². The largest absolute Gasteiger partial charge is 0.511 e. The summed E-state index contributed by atoms with van der Waals surface area (Å²) < 4.78 is 64.0. The highest BCUT2D eigenvalue weighted by Gasteiger charge is 2.48. The zero-order valence-electron chi connectivity index (χ0n) is 20.7. The first-order valence-electron chi connectivity index (χ1n) is 11.7. The first-order valence-corrected chi connectivity index (χ1v) is 13.2. The molecule has 0 aliphatic rings. The predicted octanol–water partition coefficient (Wildman–Crippen LogP) is 4.13. The third kappa shape index (κ3) is 6.92. The van der Waals surface area contributed by atoms with Crippen LogP contribution in [-0.2, 0) is 21.4 Å². The second kappa shape index (κ2) is 11.8. The number of sulfonamides is 1. The van der Waals surface area contributed by atoms with Gasteiger partial charge < -0.3 is 4.90 Å². The van der Waals surface area contributed by atoms with Gasteiger partial charge in [-0.3, -0.25) is 4.79 Å². The Kier molecular flexibility index (Phi) is 9.02. The van der Waals surface area contributed by atoms with E-state index in [0.29, 0.717) is 12.2 Å². The van der Waals surface area contributed by atoms with Crippen molar-refractivity contribution in [3.05, 3.63) is 54.1 Å². The number of rotatable bonds is 11. The molecule has 1 aromatic heterocycles. The Bertz CT molecular complexity index is 1280. The Morgan fingerprint density at radius 2 is 1.73 bits per heavy atom. The average Bonchev–Trinajstić information content (AvgIpc) is 3.39. The summed E-state index contributed by atoms with van der Waals surface area (Å²) in [6.07, 6.45) is 1.36. The molecule has 1 amide bonds. The number of H-pyrrole nitrogens is 1. The number of aromatic nitrogens is 4. The zero-order chi connectivity index (χ0) is 27.2. The topological polar surface area (TPSA) is 121 Å². The van der Waals surface area contributed by atoms with Gasteiger partial charge in [0.25, 0.3) is 0 Å². The summed E-state index contributed by atoms with van der Waals surface area (Å²) in [5, 5.41) is 14.1. The van der Waals surface area contributed by atoms with E-state index in [1.807, 2.05) is 55.5 Å². The Morgan fingerprint density at radius 1 is 1.08 bits per heavy atom. The molecular weight excluding hydrogens is 509 g/mol. The lowest BCUT2D eigenvalue weighted by molar-refractivity contribution is -0.134. The molecule has 1 heterocycles. The number of nitrogens with zero attached hydrogens (tertiary/aromatic N) is 4. The van der Waals surface area contributed by atoms with Gasteiger partial charge in [-0.1, -0.05) is 75.7 Å². The van der Waals surface area contributed by atoms with Crippen molar-refractivity contribution < 1.29 is 26.4 Å². The Hall–Kier alpha value is -3.32. The van der Waals surface area contributed by atoms with Crippen LogP contribution in [0, 0.1) is 5.92 Å². The first-order chi connectivity index (χ1) is 17.4. The van der Waals surface area contributed by atoms with Crippen molar-refractivity contribution in [1.82, 2.24) is 30.2 Å². The Morgan fingerprint density at radius 3 is 2.27 bits per heavy atom. The summed E-state index contributed by atoms with van der Waals surface area (Å²) in [6.45, 7) is 5.30. The molecule has 0 aliphatic heterocycles. The van der Waals surface area contributed by atoms with E-state index >= 15 is 0 Å². The van der Waals surface area contributed by atoms with Crippen LogP contribution in [0.5, 0.6) is 0 Å². The van der Waals surface area contributed by atoms with Crippen LogP contribution in [-0.4, -0.2) is 57.9 Å². The minimum atomic E-state index is -5.69. The molecule has 0 saturated carbocycles. The van der Waals surface area contributed by atoms with Gasteiger partial charge in [0.05, 0.1) is 0 Å². The maximum absolute atomic E-state index is 13.3. The fraction of sp³-hybridized carbons (Fsp3) is 0.417. The number of benzene rings is 2. The number of tetrazole rings is 1. The number of halogens is 3. The van der Waals surface area contributed by atoms with Gasteiger partial charge in [-0.2, -0.15) is 23.1 Å². The van der Waals surface area contributed by atoms with E-state index in [2.05, 4.69) is 20.6 Å². The molecule has 1 atom stereocenters. The van der Waals surface area contributed by atoms with E-state index in [-0.39, 0.29) is 13.1 Å². The summed E-state index contributed by atoms with van der Waals surface area (Å²) in [7, 11) is -5.69. The third-order valence-corrected chi connectivity index (χ3v) is 6.94. The molecule has 2 aromatic carbocycles. The van der Waals surface area contributed by atoms with Crippen LogP contribution in [0.3, 0.4) is 0 Å². The van der Waals surface area contributed by atoms with E-state index in [4.69, 9.17) is 0 Å². The standard InChI is InChI=1S/C24H29F3N6O3S/c1-4-5-14-33(23(34)21(16(2)3)30-37(35,36)24(25,26)27)15-17-10-12-18(13-11-17)19-8-6-7-9-20(19)22-28-31-32-29-22/h6-13,16,21,30H,4-5,14-15H2,1-3H3,(H,28,29,31,32). The molecular formula is C24H29F3N6O3S. The molecule has 0 radical (unpaired) electrons. The molecule has 0 saturated heterocycles. The van der Waals surface area contributed by atoms with Crippen LogP contribution in [0.15, 0.2) is 48.5 Å². The molecule has 2 N–H and O–H groups in total. The quantitative estimate of drug-likeness (QED) is 0.379. The first kappa shape index (κ1) is 28.3. The Balaban J connectivity index is 1.84. The van der Waals surface area contributed by atoms with E-state index in [1.165, 1.54) is 18.7 Å². The molecule has 0 aliphatic carbocycles. The summed E-state index contributed by atoms with van der Waals surface area (Å²) >= 11 is 0. The van der Waals surface area contributed by atoms with Gasteiger partial charge in [-0.05, 0) is 34.2 Å². The zero-order valence-corrected chi connectivity index (χ0v) is 21.5. The average molecular weight is 539 g/mol. The lowest BCUT2D eigenvalue weighted by atomic mass is 9.98. The second-order valence-electron chi connectivity index (χ2n) is 8.88. The van der Waals surface area contributed by atoms with Gasteiger partial charge in [-0.25, -0.2) is 8.42 Å². The summed E-state index contributed by atoms with van der Waals surface area (Å²) in [5.74, 6) is -0.961. The van der Waals surface area contributed by atoms with Crippen LogP contribution in [0.25, 0.3) is 22.5 Å². The number of aromatic amines is 1. The highest BCUT2D eigenvalue weighted by Crippen LogP contribution is 2.30. The summed E-state index contributed by atoms with van der Waals surface area (Å²) in [4.78, 5) is 14.7. The van der Waals surface area contributed by atoms with Crippen LogP contribution >= 0.6 is 0 Å². The maximum atomic E-state index is 13.3. The van der Waals surface area contributed by atoms with E-state index in [0.717, 1.165) is 28.7 Å². The van der Waals surface area contributed by atoms with Crippen molar-refractivity contribution >= 4 is 15.9 Å². The minimum Gasteiger partial charge on any atom is -0.337 e. The van der Waals surface area contributed by atoms with Gasteiger partial charge in [0.15, 0.2) is 0 Å². The number of alkyl halides is 3. The van der Waals surface area contributed by atoms with Crippen LogP contribution in [0.1, 0.15) is 39.2 Å². The number of nitrogens with one attached hydrogen (secondary N) is 2. The van der Waals surface area contributed by atoms with Crippen molar-refractivity contribution in [2.45, 2.75) is 51.7 Å². The van der Waals surface area contributed by atoms with Gasteiger partial charge in [0.1, 0.15) is 6.04 Å². The maximum Gasteiger partial charge on any atom is 0.511 e. The van der Waals surface area contributed by atoms with Gasteiger partial charge in [0, 0.05) is 18.7 Å². The predicted molar refractivity (Wildman–Crippen MR) is 132 cm³/mol. The smallest absolute Gasteiger partial charge is 0.337 e. The number of amides is 1. The summed E-state index contributed by atoms with van der Waals surface area (Å²) in [5.41, 5.74) is -2.25. The number of unbranched alkanes of at least 4 members (excludes halogenated alkanes) is 1. The molecule has 0 bridgehead atoms. The molecule has 13 heteroatoms. The highest BCUT2D eigenvalue weighted by atomic mass is 32.2. The molecule has 0 fully saturated rings. The number of carbonyl (C=O) groups excluding carboxylic acids is 1. The van der Waals surface area contributed by atoms with E-state index < -0.39 is 33.4 Å². The third-order valence-electron chi connectivity index (χ3n) is 5.76. The van der Waals surface area contributed by atoms with Crippen molar-refractivity contribution in [1.29, 1.82) is 0 Å². The fourth-order valence-corrected chi connectivity index (χ4v) is 4.58. The second-order valence-corrected chi connectivity index (χ2v) is 10.6. The monoisotopic (exact) mass is 538 g/mol. The Labute approximate surface area is 213 Å². The fourth-order valence-electron chi connectivity index (χ4n) is 3.73. The molecule has 3 rings (SSSR count). The molecule has 9 nitrogen and oxygen atoms in total. The number of hydrogen-bond acceptors (Lipinski definition) is 6. The van der Waals surface area contributed by atoms with Crippen LogP contribution in [0.2, 0.25) is 0 Å². The summed E-state index contributed by atoms with van der Waals surface area (Å²) in [6, 6.07) is 13.3. The molecule has 1 unspecified atom stereocenters. The van der Waals surface area contributed by atoms with Crippen molar-refractivity contribution in [3.8, 4) is 22.5 Å². The lowest BCUT2D eigenvalue weighted by Gasteiger charge is -2.30. The van der Waals surface area contributed by atoms with Crippen molar-refractivity contribution in [3.63, 3.8) is 0 Å². The molecule has 0 spiro atoms. The van der Waals surface area contributed by atoms with Gasteiger partial charge >= 0.3 is 15.5 Å². The van der Waals surface area contributed by atoms with E-state index in [9.17, 15) is 26.4 Å². The number of hydrogen-bond donors (Lipinski definition) is 2. The molecule has 37 heavy (non-hydrogen) atoms. The minimum absolute atomic E-state index is 0.114. The van der Waals surface area contributed by atoms with Crippen molar-refractivity contribution in [2.75, 3.05) is 6.54 Å². The van der Waals surface area contributed by atoms with Gasteiger partial charge in [0.2, 0.25) is 11.7 Å². The SMILES string of the molecule is CCCCN(Cc1ccc(-c2ccccc2-c2nn[nH]n2)cc1)C(=O)C(NS(=O)(=O)C(F)(F)F)C(C)C. The number of carbonyl (C=O) groups is 1. The molecule has 3 aromatic rings. The normalized spacial score (nSPS) is 13.1. The highest BCUT2D eigenvalue weighted by molar-refractivity contribution is 7.90. The van der Waals surface area contributed by atoms with Crippen LogP contribution < -0.4 is 4.72 Å².